The number of benzene rings is 3. The molecule has 1 N–H and O–H groups in total. The van der Waals surface area contributed by atoms with Gasteiger partial charge in [-0.1, -0.05) is 29.3 Å². The van der Waals surface area contributed by atoms with E-state index in [1.165, 1.54) is 48.5 Å². The maximum atomic E-state index is 13.6. The van der Waals surface area contributed by atoms with Gasteiger partial charge in [-0.15, -0.1) is 0 Å². The van der Waals surface area contributed by atoms with Crippen molar-refractivity contribution in [2.24, 2.45) is 0 Å². The molecule has 1 unspecified atom stereocenters. The van der Waals surface area contributed by atoms with Gasteiger partial charge in [-0.25, -0.2) is 8.42 Å². The number of alkyl halides is 3. The first-order valence-corrected chi connectivity index (χ1v) is 13.4. The summed E-state index contributed by atoms with van der Waals surface area (Å²) in [5, 5.41) is 2.35. The quantitative estimate of drug-likeness (QED) is 0.352. The summed E-state index contributed by atoms with van der Waals surface area (Å²) in [6.07, 6.45) is -5.46. The highest BCUT2D eigenvalue weighted by Gasteiger charge is 2.37. The fourth-order valence-electron chi connectivity index (χ4n) is 3.87. The number of amides is 1. The zero-order valence-electron chi connectivity index (χ0n) is 19.8. The van der Waals surface area contributed by atoms with E-state index in [2.05, 4.69) is 5.32 Å². The summed E-state index contributed by atoms with van der Waals surface area (Å²) in [7, 11) is -4.12. The summed E-state index contributed by atoms with van der Waals surface area (Å²) in [5.74, 6) is -0.925. The molecule has 0 aliphatic carbocycles. The maximum absolute atomic E-state index is 13.6. The molecular weight excluding hydrogens is 568 g/mol. The van der Waals surface area contributed by atoms with Crippen molar-refractivity contribution in [1.82, 2.24) is 0 Å². The van der Waals surface area contributed by atoms with Gasteiger partial charge >= 0.3 is 6.18 Å². The molecule has 0 aromatic heterocycles. The van der Waals surface area contributed by atoms with E-state index in [1.54, 1.807) is 6.92 Å². The van der Waals surface area contributed by atoms with Gasteiger partial charge in [0, 0.05) is 17.3 Å². The van der Waals surface area contributed by atoms with Crippen molar-refractivity contribution in [3.8, 4) is 5.75 Å². The van der Waals surface area contributed by atoms with Crippen molar-refractivity contribution in [2.45, 2.75) is 24.1 Å². The summed E-state index contributed by atoms with van der Waals surface area (Å²) in [6.45, 7) is 2.19. The first-order valence-electron chi connectivity index (χ1n) is 11.3. The average Bonchev–Trinajstić information content (AvgIpc) is 2.86. The number of nitrogens with one attached hydrogen (secondary N) is 1. The summed E-state index contributed by atoms with van der Waals surface area (Å²) in [5.41, 5.74) is -1.83. The number of sulfonamides is 1. The number of nitrogens with zero attached hydrogens (tertiary/aromatic N) is 1. The van der Waals surface area contributed by atoms with Crippen LogP contribution in [0.2, 0.25) is 10.0 Å². The highest BCUT2D eigenvalue weighted by atomic mass is 35.5. The number of fused-ring (bicyclic) bond motifs is 1. The Kier molecular flexibility index (Phi) is 8.12. The van der Waals surface area contributed by atoms with E-state index in [0.717, 1.165) is 16.4 Å². The highest BCUT2D eigenvalue weighted by molar-refractivity contribution is 7.92. The van der Waals surface area contributed by atoms with Crippen LogP contribution in [0.4, 0.5) is 24.5 Å². The molecule has 1 aliphatic rings. The van der Waals surface area contributed by atoms with Gasteiger partial charge in [-0.05, 0) is 61.5 Å². The van der Waals surface area contributed by atoms with Gasteiger partial charge in [0.15, 0.2) is 0 Å². The van der Waals surface area contributed by atoms with Crippen molar-refractivity contribution in [3.63, 3.8) is 0 Å². The fourth-order valence-corrected chi connectivity index (χ4v) is 5.76. The van der Waals surface area contributed by atoms with Crippen molar-refractivity contribution >= 4 is 50.5 Å². The zero-order valence-corrected chi connectivity index (χ0v) is 22.1. The molecule has 202 valence electrons. The Morgan fingerprint density at radius 2 is 1.84 bits per heavy atom. The van der Waals surface area contributed by atoms with E-state index in [4.69, 9.17) is 32.7 Å². The Labute approximate surface area is 227 Å². The molecule has 38 heavy (non-hydrogen) atoms. The van der Waals surface area contributed by atoms with E-state index < -0.39 is 39.3 Å². The number of rotatable bonds is 7. The normalized spacial score (nSPS) is 15.5. The molecule has 0 saturated carbocycles. The van der Waals surface area contributed by atoms with E-state index in [-0.39, 0.29) is 40.2 Å². The summed E-state index contributed by atoms with van der Waals surface area (Å²) < 4.78 is 80.1. The van der Waals surface area contributed by atoms with Crippen LogP contribution in [-0.4, -0.2) is 40.2 Å². The largest absolute Gasteiger partial charge is 0.484 e. The number of carbonyl (C=O) groups excluding carboxylic acids is 1. The van der Waals surface area contributed by atoms with Crippen molar-refractivity contribution in [3.05, 3.63) is 81.8 Å². The first kappa shape index (κ1) is 28.0. The molecule has 0 saturated heterocycles. The standard InChI is InChI=1S/C25H21Cl2F3N2O5S/c1-2-36-14-17-13-32(38(34,35)18-9-6-15(26)7-10-18)21-12-16(8-11-22(21)37-17)31-24(33)23-19(25(28,29)30)4-3-5-20(23)27/h3-12,17H,2,13-14H2,1H3,(H,31,33). The predicted octanol–water partition coefficient (Wildman–Crippen LogP) is 6.26. The lowest BCUT2D eigenvalue weighted by atomic mass is 10.1. The third-order valence-electron chi connectivity index (χ3n) is 5.60. The van der Waals surface area contributed by atoms with Crippen LogP contribution in [0.1, 0.15) is 22.8 Å². The molecule has 0 radical (unpaired) electrons. The topological polar surface area (TPSA) is 84.9 Å². The Balaban J connectivity index is 1.72. The molecule has 7 nitrogen and oxygen atoms in total. The Hall–Kier alpha value is -2.99. The highest BCUT2D eigenvalue weighted by Crippen LogP contribution is 2.40. The summed E-state index contributed by atoms with van der Waals surface area (Å²) in [6, 6.07) is 12.7. The van der Waals surface area contributed by atoms with Crippen molar-refractivity contribution in [2.75, 3.05) is 29.4 Å². The van der Waals surface area contributed by atoms with Crippen LogP contribution in [0.25, 0.3) is 0 Å². The van der Waals surface area contributed by atoms with Crippen LogP contribution >= 0.6 is 23.2 Å². The van der Waals surface area contributed by atoms with Crippen molar-refractivity contribution < 1.29 is 35.9 Å². The van der Waals surface area contributed by atoms with Gasteiger partial charge in [-0.3, -0.25) is 9.10 Å². The monoisotopic (exact) mass is 588 g/mol. The minimum Gasteiger partial charge on any atom is -0.484 e. The predicted molar refractivity (Wildman–Crippen MR) is 138 cm³/mol. The van der Waals surface area contributed by atoms with Gasteiger partial charge < -0.3 is 14.8 Å². The van der Waals surface area contributed by atoms with Crippen LogP contribution in [0, 0.1) is 0 Å². The van der Waals surface area contributed by atoms with Crippen LogP contribution < -0.4 is 14.4 Å². The second-order valence-electron chi connectivity index (χ2n) is 8.19. The Morgan fingerprint density at radius 1 is 1.13 bits per heavy atom. The minimum absolute atomic E-state index is 0.0324. The molecule has 1 heterocycles. The average molecular weight is 589 g/mol. The molecule has 1 amide bonds. The molecule has 4 rings (SSSR count). The molecular formula is C25H21Cl2F3N2O5S. The number of hydrogen-bond acceptors (Lipinski definition) is 5. The van der Waals surface area contributed by atoms with Crippen LogP contribution in [0.15, 0.2) is 65.6 Å². The molecule has 13 heteroatoms. The van der Waals surface area contributed by atoms with Gasteiger partial charge in [0.05, 0.1) is 39.9 Å². The smallest absolute Gasteiger partial charge is 0.417 e. The molecule has 0 bridgehead atoms. The second-order valence-corrected chi connectivity index (χ2v) is 10.9. The Morgan fingerprint density at radius 3 is 2.50 bits per heavy atom. The van der Waals surface area contributed by atoms with E-state index in [9.17, 15) is 26.4 Å². The lowest BCUT2D eigenvalue weighted by Gasteiger charge is -2.35. The van der Waals surface area contributed by atoms with Crippen LogP contribution in [0.5, 0.6) is 5.75 Å². The molecule has 3 aromatic carbocycles. The SMILES string of the molecule is CCOCC1CN(S(=O)(=O)c2ccc(Cl)cc2)c2cc(NC(=O)c3c(Cl)cccc3C(F)(F)F)ccc2O1. The lowest BCUT2D eigenvalue weighted by Crippen LogP contribution is -2.45. The zero-order chi connectivity index (χ0) is 27.7. The molecule has 1 aliphatic heterocycles. The fraction of sp³-hybridized carbons (Fsp3) is 0.240. The summed E-state index contributed by atoms with van der Waals surface area (Å²) >= 11 is 11.9. The minimum atomic E-state index is -4.82. The molecule has 0 spiro atoms. The van der Waals surface area contributed by atoms with Gasteiger partial charge in [-0.2, -0.15) is 13.2 Å². The van der Waals surface area contributed by atoms with Gasteiger partial charge in [0.1, 0.15) is 11.9 Å². The van der Waals surface area contributed by atoms with Crippen LogP contribution in [0.3, 0.4) is 0 Å². The number of ether oxygens (including phenoxy) is 2. The molecule has 0 fully saturated rings. The molecule has 3 aromatic rings. The molecule has 1 atom stereocenters. The van der Waals surface area contributed by atoms with Gasteiger partial charge in [0.25, 0.3) is 15.9 Å². The van der Waals surface area contributed by atoms with E-state index >= 15 is 0 Å². The lowest BCUT2D eigenvalue weighted by molar-refractivity contribution is -0.137. The van der Waals surface area contributed by atoms with E-state index in [1.807, 2.05) is 0 Å². The van der Waals surface area contributed by atoms with Crippen molar-refractivity contribution in [1.29, 1.82) is 0 Å². The third-order valence-corrected chi connectivity index (χ3v) is 7.97. The summed E-state index contributed by atoms with van der Waals surface area (Å²) in [4.78, 5) is 12.8. The van der Waals surface area contributed by atoms with E-state index in [0.29, 0.717) is 11.6 Å². The second kappa shape index (κ2) is 11.0. The Bertz CT molecular complexity index is 1450. The first-order chi connectivity index (χ1) is 17.9. The van der Waals surface area contributed by atoms with Crippen LogP contribution in [-0.2, 0) is 20.9 Å². The maximum Gasteiger partial charge on any atom is 0.417 e. The van der Waals surface area contributed by atoms with Gasteiger partial charge in [0.2, 0.25) is 0 Å². The number of hydrogen-bond donors (Lipinski definition) is 1. The number of carbonyl (C=O) groups is 1. The third kappa shape index (κ3) is 5.85. The number of anilines is 2. The number of halogens is 5.